The zero-order chi connectivity index (χ0) is 9.45. The molecule has 0 unspecified atom stereocenters. The van der Waals surface area contributed by atoms with Crippen molar-refractivity contribution in [1.82, 2.24) is 0 Å². The van der Waals surface area contributed by atoms with Crippen LogP contribution in [-0.4, -0.2) is 8.07 Å². The van der Waals surface area contributed by atoms with Crippen LogP contribution in [0.3, 0.4) is 0 Å². The van der Waals surface area contributed by atoms with E-state index >= 15 is 0 Å². The van der Waals surface area contributed by atoms with Crippen molar-refractivity contribution in [3.8, 4) is 0 Å². The maximum atomic E-state index is 2.47. The summed E-state index contributed by atoms with van der Waals surface area (Å²) in [5, 5.41) is 0. The van der Waals surface area contributed by atoms with Crippen molar-refractivity contribution in [3.63, 3.8) is 0 Å². The van der Waals surface area contributed by atoms with Crippen molar-refractivity contribution < 1.29 is 21.7 Å². The molecule has 0 spiro atoms. The minimum Gasteiger partial charge on any atom is -0.0695 e. The molecule has 0 amide bonds. The smallest absolute Gasteiger partial charge is 0.0442 e. The summed E-state index contributed by atoms with van der Waals surface area (Å²) < 4.78 is 0. The fourth-order valence-corrected chi connectivity index (χ4v) is 2.75. The number of unbranched alkanes of at least 4 members (excludes halogenated alkanes) is 5. The normalized spacial score (nSPS) is 11.1. The van der Waals surface area contributed by atoms with E-state index in [4.69, 9.17) is 0 Å². The molecule has 0 radical (unpaired) electrons. The Kier molecular flexibility index (Phi) is 11.9. The minimum atomic E-state index is -0.726. The van der Waals surface area contributed by atoms with E-state index in [9.17, 15) is 0 Å². The van der Waals surface area contributed by atoms with Crippen LogP contribution in [0.25, 0.3) is 0 Å². The molecule has 0 bridgehead atoms. The zero-order valence-corrected chi connectivity index (χ0v) is 12.5. The molecule has 0 N–H and O–H groups in total. The van der Waals surface area contributed by atoms with Crippen LogP contribution in [0.4, 0.5) is 0 Å². The second-order valence-electron chi connectivity index (χ2n) is 5.08. The molecule has 0 fully saturated rings. The fraction of sp³-hybridized carbons (Fsp3) is 1.00. The summed E-state index contributed by atoms with van der Waals surface area (Å²) in [4.78, 5) is 0. The number of hydrogen-bond donors (Lipinski definition) is 0. The molecule has 2 heteroatoms. The van der Waals surface area contributed by atoms with Gasteiger partial charge in [-0.3, -0.25) is 0 Å². The summed E-state index contributed by atoms with van der Waals surface area (Å²) in [6.45, 7) is 9.69. The molecule has 0 aromatic rings. The third kappa shape index (κ3) is 15.7. The van der Waals surface area contributed by atoms with Gasteiger partial charge in [-0.1, -0.05) is 71.1 Å². The molecule has 0 saturated carbocycles. The topological polar surface area (TPSA) is 0 Å². The number of rotatable bonds is 7. The minimum absolute atomic E-state index is 0. The average Bonchev–Trinajstić information content (AvgIpc) is 1.94. The van der Waals surface area contributed by atoms with E-state index < -0.39 is 8.07 Å². The average molecular weight is 234 g/mol. The van der Waals surface area contributed by atoms with Gasteiger partial charge in [0.2, 0.25) is 0 Å². The molecule has 78 valence electrons. The van der Waals surface area contributed by atoms with Gasteiger partial charge in [-0.15, -0.1) is 0 Å². The predicted molar refractivity (Wildman–Crippen MR) is 61.5 cm³/mol. The zero-order valence-electron chi connectivity index (χ0n) is 9.95. The van der Waals surface area contributed by atoms with Gasteiger partial charge in [0.05, 0.1) is 0 Å². The van der Waals surface area contributed by atoms with Crippen LogP contribution in [0.1, 0.15) is 45.4 Å². The van der Waals surface area contributed by atoms with Crippen molar-refractivity contribution in [2.75, 3.05) is 0 Å². The first-order valence-electron chi connectivity index (χ1n) is 5.56. The summed E-state index contributed by atoms with van der Waals surface area (Å²) in [7, 11) is -0.726. The Labute approximate surface area is 101 Å². The first-order valence-corrected chi connectivity index (χ1v) is 9.27. The van der Waals surface area contributed by atoms with E-state index in [1.807, 2.05) is 0 Å². The molecule has 0 heterocycles. The third-order valence-corrected chi connectivity index (χ3v) is 4.13. The fourth-order valence-electron chi connectivity index (χ4n) is 1.44. The molecule has 0 saturated heterocycles. The molecule has 0 atom stereocenters. The standard InChI is InChI=1S/C11H26Si.Ti/c1-5-6-7-8-9-10-11-12(2,3)4;/h5-11H2,1-4H3;. The SMILES string of the molecule is CCCCCCCC[Si](C)(C)C.[Ti]. The molecular formula is C11H26SiTi. The van der Waals surface area contributed by atoms with Crippen molar-refractivity contribution in [2.45, 2.75) is 71.1 Å². The van der Waals surface area contributed by atoms with Gasteiger partial charge in [0.25, 0.3) is 0 Å². The predicted octanol–water partition coefficient (Wildman–Crippen LogP) is 4.68. The van der Waals surface area contributed by atoms with E-state index in [0.717, 1.165) is 0 Å². The molecule has 0 nitrogen and oxygen atoms in total. The Balaban J connectivity index is 0. The summed E-state index contributed by atoms with van der Waals surface area (Å²) >= 11 is 0. The summed E-state index contributed by atoms with van der Waals surface area (Å²) in [5.41, 5.74) is 0. The monoisotopic (exact) mass is 234 g/mol. The summed E-state index contributed by atoms with van der Waals surface area (Å²) in [5.74, 6) is 0. The van der Waals surface area contributed by atoms with Crippen LogP contribution in [0.15, 0.2) is 0 Å². The third-order valence-electron chi connectivity index (χ3n) is 2.28. The van der Waals surface area contributed by atoms with E-state index in [1.54, 1.807) is 0 Å². The van der Waals surface area contributed by atoms with Crippen molar-refractivity contribution >= 4 is 8.07 Å². The van der Waals surface area contributed by atoms with Crippen molar-refractivity contribution in [3.05, 3.63) is 0 Å². The number of hydrogen-bond acceptors (Lipinski definition) is 0. The van der Waals surface area contributed by atoms with E-state index in [1.165, 1.54) is 44.6 Å². The Morgan fingerprint density at radius 3 is 1.69 bits per heavy atom. The summed E-state index contributed by atoms with van der Waals surface area (Å²) in [6, 6.07) is 1.53. The van der Waals surface area contributed by atoms with Crippen molar-refractivity contribution in [1.29, 1.82) is 0 Å². The Bertz CT molecular complexity index is 96.8. The quantitative estimate of drug-likeness (QED) is 0.443. The van der Waals surface area contributed by atoms with E-state index in [0.29, 0.717) is 0 Å². The van der Waals surface area contributed by atoms with Gasteiger partial charge >= 0.3 is 0 Å². The molecule has 0 aromatic heterocycles. The Morgan fingerprint density at radius 2 is 1.23 bits per heavy atom. The largest absolute Gasteiger partial charge is 0.0695 e. The maximum Gasteiger partial charge on any atom is 0.0442 e. The van der Waals surface area contributed by atoms with Gasteiger partial charge in [-0.05, 0) is 0 Å². The second kappa shape index (κ2) is 9.48. The van der Waals surface area contributed by atoms with Crippen LogP contribution in [0.5, 0.6) is 0 Å². The van der Waals surface area contributed by atoms with Gasteiger partial charge in [0.15, 0.2) is 0 Å². The molecule has 0 aliphatic rings. The first-order chi connectivity index (χ1) is 5.56. The van der Waals surface area contributed by atoms with Gasteiger partial charge in [-0.2, -0.15) is 0 Å². The van der Waals surface area contributed by atoms with Crippen LogP contribution in [0.2, 0.25) is 25.7 Å². The van der Waals surface area contributed by atoms with E-state index in [2.05, 4.69) is 26.6 Å². The molecule has 0 aliphatic heterocycles. The second-order valence-corrected chi connectivity index (χ2v) is 10.7. The first kappa shape index (κ1) is 16.4. The Hall–Kier alpha value is 0.931. The van der Waals surface area contributed by atoms with Gasteiger partial charge in [0.1, 0.15) is 0 Å². The molecular weight excluding hydrogens is 208 g/mol. The van der Waals surface area contributed by atoms with Crippen LogP contribution in [0, 0.1) is 0 Å². The van der Waals surface area contributed by atoms with E-state index in [-0.39, 0.29) is 21.7 Å². The Morgan fingerprint density at radius 1 is 0.769 bits per heavy atom. The molecule has 0 rings (SSSR count). The molecule has 13 heavy (non-hydrogen) atoms. The molecule has 0 aromatic carbocycles. The van der Waals surface area contributed by atoms with Crippen molar-refractivity contribution in [2.24, 2.45) is 0 Å². The van der Waals surface area contributed by atoms with Gasteiger partial charge < -0.3 is 0 Å². The van der Waals surface area contributed by atoms with Crippen LogP contribution >= 0.6 is 0 Å². The summed E-state index contributed by atoms with van der Waals surface area (Å²) in [6.07, 6.45) is 8.70. The van der Waals surface area contributed by atoms with Crippen LogP contribution in [-0.2, 0) is 21.7 Å². The molecule has 0 aliphatic carbocycles. The van der Waals surface area contributed by atoms with Crippen LogP contribution < -0.4 is 0 Å². The van der Waals surface area contributed by atoms with Gasteiger partial charge in [-0.25, -0.2) is 0 Å². The van der Waals surface area contributed by atoms with Gasteiger partial charge in [0, 0.05) is 29.8 Å². The maximum absolute atomic E-state index is 2.47.